The number of anilines is 1. The Kier molecular flexibility index (Phi) is 5.66. The van der Waals surface area contributed by atoms with Gasteiger partial charge in [0.25, 0.3) is 0 Å². The Morgan fingerprint density at radius 1 is 1.28 bits per heavy atom. The van der Waals surface area contributed by atoms with Crippen molar-refractivity contribution in [1.82, 2.24) is 15.3 Å². The van der Waals surface area contributed by atoms with Gasteiger partial charge in [0, 0.05) is 29.9 Å². The number of nitrogens with zero attached hydrogens (tertiary/aromatic N) is 3. The molecule has 0 unspecified atom stereocenters. The number of aromatic nitrogens is 2. The van der Waals surface area contributed by atoms with Crippen molar-refractivity contribution in [3.63, 3.8) is 0 Å². The van der Waals surface area contributed by atoms with Gasteiger partial charge in [0.1, 0.15) is 0 Å². The first-order valence-electron chi connectivity index (χ1n) is 8.42. The number of amides is 1. The number of nitrogens with one attached hydrogen (secondary N) is 1. The smallest absolute Gasteiger partial charge is 0.244 e. The molecule has 1 aliphatic rings. The molecular formula is C19H21ClN4O. The van der Waals surface area contributed by atoms with Gasteiger partial charge in [-0.05, 0) is 43.5 Å². The normalized spacial score (nSPS) is 14.2. The van der Waals surface area contributed by atoms with E-state index in [1.165, 1.54) is 18.9 Å². The summed E-state index contributed by atoms with van der Waals surface area (Å²) >= 11 is 6.07. The molecule has 0 spiro atoms. The van der Waals surface area contributed by atoms with Crippen LogP contribution in [0.15, 0.2) is 36.4 Å². The van der Waals surface area contributed by atoms with Crippen LogP contribution in [-0.4, -0.2) is 29.0 Å². The van der Waals surface area contributed by atoms with E-state index < -0.39 is 0 Å². The van der Waals surface area contributed by atoms with Crippen LogP contribution in [0.25, 0.3) is 6.08 Å². The number of aryl methyl sites for hydroxylation is 1. The molecule has 1 aromatic carbocycles. The van der Waals surface area contributed by atoms with Crippen LogP contribution in [0, 0.1) is 6.92 Å². The molecular weight excluding hydrogens is 336 g/mol. The quantitative estimate of drug-likeness (QED) is 0.834. The lowest BCUT2D eigenvalue weighted by molar-refractivity contribution is -0.116. The second-order valence-electron chi connectivity index (χ2n) is 6.07. The molecule has 1 aromatic heterocycles. The number of rotatable bonds is 5. The largest absolute Gasteiger partial charge is 0.347 e. The molecule has 0 atom stereocenters. The van der Waals surface area contributed by atoms with E-state index in [-0.39, 0.29) is 5.91 Å². The van der Waals surface area contributed by atoms with Crippen LogP contribution in [0.5, 0.6) is 0 Å². The number of halogens is 1. The van der Waals surface area contributed by atoms with E-state index in [1.807, 2.05) is 31.2 Å². The van der Waals surface area contributed by atoms with Gasteiger partial charge in [-0.15, -0.1) is 0 Å². The lowest BCUT2D eigenvalue weighted by Crippen LogP contribution is -2.24. The minimum Gasteiger partial charge on any atom is -0.347 e. The van der Waals surface area contributed by atoms with E-state index >= 15 is 0 Å². The third-order valence-corrected chi connectivity index (χ3v) is 4.39. The topological polar surface area (TPSA) is 58.1 Å². The van der Waals surface area contributed by atoms with Gasteiger partial charge in [0.2, 0.25) is 11.9 Å². The van der Waals surface area contributed by atoms with Crippen molar-refractivity contribution >= 4 is 29.5 Å². The maximum atomic E-state index is 12.0. The van der Waals surface area contributed by atoms with Crippen LogP contribution in [-0.2, 0) is 11.3 Å². The number of hydrogen-bond acceptors (Lipinski definition) is 4. The molecule has 1 aliphatic heterocycles. The van der Waals surface area contributed by atoms with Gasteiger partial charge in [-0.1, -0.05) is 29.8 Å². The number of carbonyl (C=O) groups is 1. The van der Waals surface area contributed by atoms with Crippen molar-refractivity contribution in [2.24, 2.45) is 0 Å². The summed E-state index contributed by atoms with van der Waals surface area (Å²) in [6.07, 6.45) is 5.54. The maximum Gasteiger partial charge on any atom is 0.244 e. The van der Waals surface area contributed by atoms with Crippen molar-refractivity contribution in [3.05, 3.63) is 58.4 Å². The summed E-state index contributed by atoms with van der Waals surface area (Å²) in [5.74, 6) is 0.576. The van der Waals surface area contributed by atoms with Gasteiger partial charge in [-0.3, -0.25) is 4.79 Å². The summed E-state index contributed by atoms with van der Waals surface area (Å²) < 4.78 is 0. The fraction of sp³-hybridized carbons (Fsp3) is 0.316. The molecule has 0 saturated carbocycles. The van der Waals surface area contributed by atoms with Gasteiger partial charge in [-0.2, -0.15) is 0 Å². The minimum absolute atomic E-state index is 0.182. The molecule has 2 aromatic rings. The lowest BCUT2D eigenvalue weighted by atomic mass is 10.2. The highest BCUT2D eigenvalue weighted by molar-refractivity contribution is 6.32. The van der Waals surface area contributed by atoms with Crippen LogP contribution in [0.1, 0.15) is 29.8 Å². The summed E-state index contributed by atoms with van der Waals surface area (Å²) in [6, 6.07) is 9.30. The van der Waals surface area contributed by atoms with E-state index in [2.05, 4.69) is 20.2 Å². The Balaban J connectivity index is 1.61. The lowest BCUT2D eigenvalue weighted by Gasteiger charge is -2.16. The summed E-state index contributed by atoms with van der Waals surface area (Å²) in [5.41, 5.74) is 2.54. The van der Waals surface area contributed by atoms with Crippen LogP contribution in [0.4, 0.5) is 5.95 Å². The van der Waals surface area contributed by atoms with Crippen molar-refractivity contribution in [3.8, 4) is 0 Å². The van der Waals surface area contributed by atoms with Crippen LogP contribution in [0.2, 0.25) is 5.02 Å². The molecule has 1 amide bonds. The zero-order valence-electron chi connectivity index (χ0n) is 14.2. The van der Waals surface area contributed by atoms with Crippen molar-refractivity contribution in [2.45, 2.75) is 26.3 Å². The molecule has 5 nitrogen and oxygen atoms in total. The predicted octanol–water partition coefficient (Wildman–Crippen LogP) is 3.37. The first kappa shape index (κ1) is 17.4. The SMILES string of the molecule is Cc1cc(CNC(=O)/C=C/c2ccccc2Cl)nc(N2CCCC2)n1. The first-order valence-corrected chi connectivity index (χ1v) is 8.79. The summed E-state index contributed by atoms with van der Waals surface area (Å²) in [4.78, 5) is 23.3. The Bertz CT molecular complexity index is 785. The fourth-order valence-corrected chi connectivity index (χ4v) is 2.98. The van der Waals surface area contributed by atoms with E-state index in [9.17, 15) is 4.79 Å². The fourth-order valence-electron chi connectivity index (χ4n) is 2.78. The maximum absolute atomic E-state index is 12.0. The highest BCUT2D eigenvalue weighted by Crippen LogP contribution is 2.17. The zero-order valence-corrected chi connectivity index (χ0v) is 15.0. The standard InChI is InChI=1S/C19H21ClN4O/c1-14-12-16(23-19(22-14)24-10-4-5-11-24)13-21-18(25)9-8-15-6-2-3-7-17(15)20/h2-3,6-9,12H,4-5,10-11,13H2,1H3,(H,21,25)/b9-8+. The van der Waals surface area contributed by atoms with Gasteiger partial charge in [-0.25, -0.2) is 9.97 Å². The second kappa shape index (κ2) is 8.12. The van der Waals surface area contributed by atoms with Gasteiger partial charge in [0.05, 0.1) is 12.2 Å². The molecule has 1 fully saturated rings. The molecule has 2 heterocycles. The third-order valence-electron chi connectivity index (χ3n) is 4.05. The molecule has 0 radical (unpaired) electrons. The van der Waals surface area contributed by atoms with Crippen molar-refractivity contribution in [1.29, 1.82) is 0 Å². The number of hydrogen-bond donors (Lipinski definition) is 1. The van der Waals surface area contributed by atoms with Crippen molar-refractivity contribution < 1.29 is 4.79 Å². The first-order chi connectivity index (χ1) is 12.1. The molecule has 130 valence electrons. The Hall–Kier alpha value is -2.40. The van der Waals surface area contributed by atoms with Crippen LogP contribution >= 0.6 is 11.6 Å². The Morgan fingerprint density at radius 2 is 2.04 bits per heavy atom. The summed E-state index contributed by atoms with van der Waals surface area (Å²) in [6.45, 7) is 4.31. The average Bonchev–Trinajstić information content (AvgIpc) is 3.13. The second-order valence-corrected chi connectivity index (χ2v) is 6.47. The van der Waals surface area contributed by atoms with Gasteiger partial charge < -0.3 is 10.2 Å². The predicted molar refractivity (Wildman–Crippen MR) is 101 cm³/mol. The molecule has 3 rings (SSSR count). The average molecular weight is 357 g/mol. The number of benzene rings is 1. The number of carbonyl (C=O) groups excluding carboxylic acids is 1. The van der Waals surface area contributed by atoms with Gasteiger partial charge in [0.15, 0.2) is 0 Å². The third kappa shape index (κ3) is 4.79. The van der Waals surface area contributed by atoms with E-state index in [1.54, 1.807) is 12.1 Å². The molecule has 1 saturated heterocycles. The molecule has 25 heavy (non-hydrogen) atoms. The highest BCUT2D eigenvalue weighted by atomic mass is 35.5. The molecule has 0 bridgehead atoms. The summed E-state index contributed by atoms with van der Waals surface area (Å²) in [5, 5.41) is 3.47. The van der Waals surface area contributed by atoms with E-state index in [4.69, 9.17) is 11.6 Å². The monoisotopic (exact) mass is 356 g/mol. The molecule has 1 N–H and O–H groups in total. The minimum atomic E-state index is -0.182. The molecule has 0 aliphatic carbocycles. The van der Waals surface area contributed by atoms with E-state index in [0.29, 0.717) is 11.6 Å². The van der Waals surface area contributed by atoms with E-state index in [0.717, 1.165) is 36.0 Å². The Labute approximate surface area is 152 Å². The highest BCUT2D eigenvalue weighted by Gasteiger charge is 2.15. The Morgan fingerprint density at radius 3 is 2.80 bits per heavy atom. The summed E-state index contributed by atoms with van der Waals surface area (Å²) in [7, 11) is 0. The zero-order chi connectivity index (χ0) is 17.6. The van der Waals surface area contributed by atoms with Crippen molar-refractivity contribution in [2.75, 3.05) is 18.0 Å². The van der Waals surface area contributed by atoms with Gasteiger partial charge >= 0.3 is 0 Å². The molecule has 6 heteroatoms. The van der Waals surface area contributed by atoms with Crippen LogP contribution in [0.3, 0.4) is 0 Å². The van der Waals surface area contributed by atoms with Crippen LogP contribution < -0.4 is 10.2 Å².